The van der Waals surface area contributed by atoms with E-state index in [1.54, 1.807) is 19.4 Å². The Morgan fingerprint density at radius 3 is 2.60 bits per heavy atom. The van der Waals surface area contributed by atoms with E-state index >= 15 is 0 Å². The molecule has 0 fully saturated rings. The number of carbonyl (C=O) groups excluding carboxylic acids is 1. The molecule has 2 aromatic carbocycles. The monoisotopic (exact) mass is 554 g/mol. The molecule has 0 aliphatic carbocycles. The fraction of sp³-hybridized carbons (Fsp3) is 0.167. The Bertz CT molecular complexity index is 1740. The van der Waals surface area contributed by atoms with Crippen LogP contribution in [0.5, 0.6) is 5.75 Å². The summed E-state index contributed by atoms with van der Waals surface area (Å²) in [4.78, 5) is 29.7. The van der Waals surface area contributed by atoms with Gasteiger partial charge in [0.15, 0.2) is 10.6 Å². The number of nitrogens with zero attached hydrogens (tertiary/aromatic N) is 3. The van der Waals surface area contributed by atoms with E-state index in [0.29, 0.717) is 46.0 Å². The SMILES string of the molecule is COc1ccc(CNc2nc(=S)[nH]c(NC(C)c3nc4ccc(F)cc4cc3-c3ccccn3)c2C(C)=O)cc1. The topological polar surface area (TPSA) is 105 Å². The maximum atomic E-state index is 14.0. The lowest BCUT2D eigenvalue weighted by atomic mass is 10.0. The van der Waals surface area contributed by atoms with Crippen molar-refractivity contribution in [2.24, 2.45) is 0 Å². The van der Waals surface area contributed by atoms with Gasteiger partial charge >= 0.3 is 0 Å². The molecular formula is C30H27FN6O2S. The lowest BCUT2D eigenvalue weighted by molar-refractivity contribution is 0.101. The number of benzene rings is 2. The highest BCUT2D eigenvalue weighted by Crippen LogP contribution is 2.32. The van der Waals surface area contributed by atoms with Crippen LogP contribution in [0.4, 0.5) is 16.0 Å². The highest BCUT2D eigenvalue weighted by atomic mass is 32.1. The van der Waals surface area contributed by atoms with Crippen molar-refractivity contribution < 1.29 is 13.9 Å². The van der Waals surface area contributed by atoms with E-state index in [4.69, 9.17) is 21.9 Å². The molecular weight excluding hydrogens is 527 g/mol. The van der Waals surface area contributed by atoms with Gasteiger partial charge in [-0.2, -0.15) is 0 Å². The van der Waals surface area contributed by atoms with Crippen molar-refractivity contribution in [1.82, 2.24) is 19.9 Å². The molecule has 3 N–H and O–H groups in total. The molecule has 202 valence electrons. The van der Waals surface area contributed by atoms with Crippen molar-refractivity contribution in [3.63, 3.8) is 0 Å². The minimum Gasteiger partial charge on any atom is -0.497 e. The van der Waals surface area contributed by atoms with Crippen LogP contribution in [0, 0.1) is 10.6 Å². The molecule has 3 heterocycles. The Kier molecular flexibility index (Phi) is 7.79. The number of carbonyl (C=O) groups is 1. The van der Waals surface area contributed by atoms with Crippen molar-refractivity contribution in [3.8, 4) is 17.0 Å². The zero-order chi connectivity index (χ0) is 28.2. The lowest BCUT2D eigenvalue weighted by Gasteiger charge is -2.21. The third-order valence-electron chi connectivity index (χ3n) is 6.42. The molecule has 40 heavy (non-hydrogen) atoms. The fourth-order valence-corrected chi connectivity index (χ4v) is 4.68. The summed E-state index contributed by atoms with van der Waals surface area (Å²) < 4.78 is 19.4. The summed E-state index contributed by atoms with van der Waals surface area (Å²) in [5.41, 5.74) is 4.08. The summed E-state index contributed by atoms with van der Waals surface area (Å²) in [6.45, 7) is 3.83. The van der Waals surface area contributed by atoms with Gasteiger partial charge in [0.2, 0.25) is 0 Å². The number of rotatable bonds is 9. The number of H-pyrrole nitrogens is 1. The van der Waals surface area contributed by atoms with E-state index in [1.807, 2.05) is 55.5 Å². The molecule has 0 saturated heterocycles. The number of halogens is 1. The van der Waals surface area contributed by atoms with Gasteiger partial charge in [0.1, 0.15) is 28.8 Å². The third kappa shape index (κ3) is 5.81. The number of hydrogen-bond acceptors (Lipinski definition) is 8. The molecule has 8 nitrogen and oxygen atoms in total. The third-order valence-corrected chi connectivity index (χ3v) is 6.61. The van der Waals surface area contributed by atoms with Gasteiger partial charge in [0, 0.05) is 23.7 Å². The lowest BCUT2D eigenvalue weighted by Crippen LogP contribution is -2.17. The van der Waals surface area contributed by atoms with Crippen LogP contribution in [0.3, 0.4) is 0 Å². The fourth-order valence-electron chi connectivity index (χ4n) is 4.49. The number of ether oxygens (including phenoxy) is 1. The molecule has 5 aromatic rings. The molecule has 0 saturated carbocycles. The number of hydrogen-bond donors (Lipinski definition) is 3. The number of methoxy groups -OCH3 is 1. The highest BCUT2D eigenvalue weighted by Gasteiger charge is 2.21. The molecule has 0 radical (unpaired) electrons. The predicted octanol–water partition coefficient (Wildman–Crippen LogP) is 6.88. The van der Waals surface area contributed by atoms with Crippen molar-refractivity contribution in [1.29, 1.82) is 0 Å². The Morgan fingerprint density at radius 1 is 1.10 bits per heavy atom. The Balaban J connectivity index is 1.52. The van der Waals surface area contributed by atoms with E-state index in [0.717, 1.165) is 16.9 Å². The quantitative estimate of drug-likeness (QED) is 0.134. The van der Waals surface area contributed by atoms with Crippen LogP contribution >= 0.6 is 12.2 Å². The average molecular weight is 555 g/mol. The van der Waals surface area contributed by atoms with Crippen LogP contribution in [-0.2, 0) is 6.54 Å². The molecule has 5 rings (SSSR count). The maximum Gasteiger partial charge on any atom is 0.200 e. The smallest absolute Gasteiger partial charge is 0.200 e. The van der Waals surface area contributed by atoms with Gasteiger partial charge in [-0.15, -0.1) is 0 Å². The zero-order valence-corrected chi connectivity index (χ0v) is 23.0. The number of aromatic nitrogens is 4. The number of pyridine rings is 2. The first-order valence-electron chi connectivity index (χ1n) is 12.6. The first-order chi connectivity index (χ1) is 19.3. The standard InChI is InChI=1S/C30H27FN6O2S/c1-17(27-23(25-6-4-5-13-32-25)15-20-14-21(31)9-12-24(20)35-27)34-29-26(18(2)38)28(36-30(40)37-29)33-16-19-7-10-22(39-3)11-8-19/h4-15,17H,16H2,1-3H3,(H3,33,34,36,37,40). The molecule has 10 heteroatoms. The molecule has 0 amide bonds. The second-order valence-electron chi connectivity index (χ2n) is 9.24. The summed E-state index contributed by atoms with van der Waals surface area (Å²) in [7, 11) is 1.62. The van der Waals surface area contributed by atoms with Crippen LogP contribution in [-0.4, -0.2) is 32.8 Å². The summed E-state index contributed by atoms with van der Waals surface area (Å²) in [6, 6.07) is 19.1. The predicted molar refractivity (Wildman–Crippen MR) is 157 cm³/mol. The van der Waals surface area contributed by atoms with Crippen LogP contribution in [0.15, 0.2) is 72.9 Å². The van der Waals surface area contributed by atoms with Gasteiger partial charge in [0.05, 0.1) is 30.1 Å². The number of Topliss-reactive ketones (excluding diaryl/α,β-unsaturated/α-hetero) is 1. The second kappa shape index (κ2) is 11.6. The first-order valence-corrected chi connectivity index (χ1v) is 13.0. The van der Waals surface area contributed by atoms with Crippen molar-refractivity contribution in [2.45, 2.75) is 26.4 Å². The minimum atomic E-state index is -0.396. The normalized spacial score (nSPS) is 11.7. The Morgan fingerprint density at radius 2 is 1.90 bits per heavy atom. The first kappa shape index (κ1) is 26.9. The molecule has 0 aliphatic heterocycles. The zero-order valence-electron chi connectivity index (χ0n) is 22.2. The van der Waals surface area contributed by atoms with Crippen molar-refractivity contribution in [3.05, 3.63) is 100 Å². The molecule has 3 aromatic heterocycles. The van der Waals surface area contributed by atoms with Gasteiger partial charge in [-0.25, -0.2) is 14.4 Å². The number of fused-ring (bicyclic) bond motifs is 1. The van der Waals surface area contributed by atoms with Gasteiger partial charge in [-0.1, -0.05) is 18.2 Å². The van der Waals surface area contributed by atoms with Crippen molar-refractivity contribution in [2.75, 3.05) is 17.7 Å². The summed E-state index contributed by atoms with van der Waals surface area (Å²) in [5.74, 6) is 1.01. The van der Waals surface area contributed by atoms with Crippen LogP contribution in [0.25, 0.3) is 22.2 Å². The highest BCUT2D eigenvalue weighted by molar-refractivity contribution is 7.71. The maximum absolute atomic E-state index is 14.0. The molecule has 0 aliphatic rings. The Hall–Kier alpha value is -4.70. The summed E-state index contributed by atoms with van der Waals surface area (Å²) in [6.07, 6.45) is 1.70. The number of anilines is 2. The second-order valence-corrected chi connectivity index (χ2v) is 9.62. The van der Waals surface area contributed by atoms with Gasteiger partial charge in [-0.05, 0) is 80.2 Å². The number of nitrogens with one attached hydrogen (secondary N) is 3. The van der Waals surface area contributed by atoms with Crippen LogP contribution in [0.2, 0.25) is 0 Å². The molecule has 1 unspecified atom stereocenters. The largest absolute Gasteiger partial charge is 0.497 e. The van der Waals surface area contributed by atoms with Crippen LogP contribution in [0.1, 0.15) is 41.5 Å². The van der Waals surface area contributed by atoms with E-state index in [1.165, 1.54) is 19.1 Å². The van der Waals surface area contributed by atoms with Crippen LogP contribution < -0.4 is 15.4 Å². The van der Waals surface area contributed by atoms with Gasteiger partial charge in [0.25, 0.3) is 0 Å². The molecule has 0 bridgehead atoms. The van der Waals surface area contributed by atoms with E-state index in [-0.39, 0.29) is 16.4 Å². The van der Waals surface area contributed by atoms with E-state index in [9.17, 15) is 9.18 Å². The van der Waals surface area contributed by atoms with Gasteiger partial charge in [-0.3, -0.25) is 9.78 Å². The molecule has 1 atom stereocenters. The van der Waals surface area contributed by atoms with Crippen molar-refractivity contribution >= 4 is 40.5 Å². The number of ketones is 1. The number of aromatic amines is 1. The molecule has 0 spiro atoms. The summed E-state index contributed by atoms with van der Waals surface area (Å²) >= 11 is 5.41. The van der Waals surface area contributed by atoms with E-state index < -0.39 is 6.04 Å². The van der Waals surface area contributed by atoms with E-state index in [2.05, 4.69) is 25.6 Å². The minimum absolute atomic E-state index is 0.197. The van der Waals surface area contributed by atoms with Gasteiger partial charge < -0.3 is 20.4 Å². The summed E-state index contributed by atoms with van der Waals surface area (Å²) in [5, 5.41) is 7.30. The Labute approximate surface area is 235 Å². The average Bonchev–Trinajstić information content (AvgIpc) is 2.95.